The van der Waals surface area contributed by atoms with Gasteiger partial charge >= 0.3 is 7.12 Å². The zero-order chi connectivity index (χ0) is 50.5. The summed E-state index contributed by atoms with van der Waals surface area (Å²) in [5.74, 6) is -1.23. The number of ether oxygens (including phenoxy) is 2. The standard InChI is InChI=1S/C55H76BN5O9/c1-11-13-14-15-16-17-19-35-20-23-37(24-21-35)50(63)59-42(18-12-2)53(66)61(8)48-38-25-27-45(68-10)41(30-38)40-28-36(22-26-44(40)67-9)29-43(60-49(62)33(3)57-52(48)65)51(64)58-34(4)56-69-47-32-39-31-46(54(39,5)6)55(47,7)70-56/h20-28,30,33-34,39,42-43,46-48H,11-19,29,31-32H2,1-10H3,(H,57,65)(H,58,64)(H,59,63)(H,60,62). The number of methoxy groups -OCH3 is 2. The highest BCUT2D eigenvalue weighted by molar-refractivity contribution is 6.47. The van der Waals surface area contributed by atoms with Gasteiger partial charge in [-0.2, -0.15) is 0 Å². The number of aryl methyl sites for hydroxylation is 1. The predicted molar refractivity (Wildman–Crippen MR) is 271 cm³/mol. The first-order valence-corrected chi connectivity index (χ1v) is 25.7. The summed E-state index contributed by atoms with van der Waals surface area (Å²) in [6, 6.07) is 13.8. The molecule has 378 valence electrons. The minimum Gasteiger partial charge on any atom is -0.496 e. The van der Waals surface area contributed by atoms with Gasteiger partial charge in [0.25, 0.3) is 5.91 Å². The molecule has 4 fully saturated rings. The van der Waals surface area contributed by atoms with Crippen LogP contribution in [0.3, 0.4) is 0 Å². The number of fused-ring (bicyclic) bond motifs is 5. The lowest BCUT2D eigenvalue weighted by Crippen LogP contribution is -2.65. The summed E-state index contributed by atoms with van der Waals surface area (Å²) in [7, 11) is 3.94. The Morgan fingerprint density at radius 3 is 2.19 bits per heavy atom. The van der Waals surface area contributed by atoms with Crippen LogP contribution in [0.15, 0.2) is 60.7 Å². The molecule has 9 atom stereocenters. The maximum atomic E-state index is 14.7. The molecule has 2 aliphatic heterocycles. The maximum absolute atomic E-state index is 14.7. The number of amides is 5. The van der Waals surface area contributed by atoms with E-state index in [1.165, 1.54) is 51.0 Å². The average Bonchev–Trinajstić information content (AvgIpc) is 3.72. The van der Waals surface area contributed by atoms with E-state index in [1.807, 2.05) is 38.1 Å². The van der Waals surface area contributed by atoms with Gasteiger partial charge in [-0.3, -0.25) is 24.0 Å². The van der Waals surface area contributed by atoms with Gasteiger partial charge in [-0.05, 0) is 123 Å². The Bertz CT molecular complexity index is 2380. The second-order valence-electron chi connectivity index (χ2n) is 21.0. The molecule has 6 bridgehead atoms. The van der Waals surface area contributed by atoms with Gasteiger partial charge in [0.15, 0.2) is 0 Å². The van der Waals surface area contributed by atoms with Gasteiger partial charge < -0.3 is 44.9 Å². The molecule has 15 heteroatoms. The van der Waals surface area contributed by atoms with E-state index in [-0.39, 0.29) is 17.9 Å². The summed E-state index contributed by atoms with van der Waals surface area (Å²) in [6.45, 7) is 14.2. The molecule has 2 heterocycles. The van der Waals surface area contributed by atoms with E-state index < -0.39 is 72.4 Å². The summed E-state index contributed by atoms with van der Waals surface area (Å²) in [4.78, 5) is 73.0. The lowest BCUT2D eigenvalue weighted by Gasteiger charge is -2.64. The predicted octanol–water partition coefficient (Wildman–Crippen LogP) is 7.69. The zero-order valence-corrected chi connectivity index (χ0v) is 43.1. The van der Waals surface area contributed by atoms with E-state index in [0.717, 1.165) is 31.2 Å². The molecule has 14 nitrogen and oxygen atoms in total. The second kappa shape index (κ2) is 22.3. The summed E-state index contributed by atoms with van der Waals surface area (Å²) in [5, 5.41) is 11.8. The SMILES string of the molecule is CCCCCCCCc1ccc(C(=O)NC(CCC)C(=O)N(C)C2C(=O)NC(C)C(=O)NC(C(=O)NC(C)B3OC4CC5CC(C5(C)C)C4(C)O3)Cc3ccc(OC)c(c3)-c3cc2ccc3OC)cc1. The fraction of sp³-hybridized carbons (Fsp3) is 0.582. The molecule has 5 amide bonds. The highest BCUT2D eigenvalue weighted by atomic mass is 16.7. The number of hydrogen-bond donors (Lipinski definition) is 4. The molecule has 5 aliphatic rings. The monoisotopic (exact) mass is 962 g/mol. The summed E-state index contributed by atoms with van der Waals surface area (Å²) in [5.41, 5.74) is 3.61. The van der Waals surface area contributed by atoms with Gasteiger partial charge in [-0.25, -0.2) is 0 Å². The molecule has 0 spiro atoms. The lowest BCUT2D eigenvalue weighted by atomic mass is 9.43. The topological polar surface area (TPSA) is 174 Å². The normalized spacial score (nSPS) is 25.4. The van der Waals surface area contributed by atoms with E-state index in [9.17, 15) is 24.0 Å². The largest absolute Gasteiger partial charge is 0.496 e. The first-order chi connectivity index (χ1) is 33.4. The van der Waals surface area contributed by atoms with Crippen LogP contribution in [-0.2, 0) is 41.3 Å². The van der Waals surface area contributed by atoms with Crippen LogP contribution in [-0.4, -0.2) is 98.6 Å². The van der Waals surface area contributed by atoms with Crippen molar-refractivity contribution >= 4 is 36.7 Å². The molecule has 0 aromatic heterocycles. The Balaban J connectivity index is 1.13. The first-order valence-electron chi connectivity index (χ1n) is 25.7. The van der Waals surface area contributed by atoms with Crippen LogP contribution < -0.4 is 30.7 Å². The number of rotatable bonds is 18. The molecule has 3 aromatic rings. The van der Waals surface area contributed by atoms with Gasteiger partial charge in [0.1, 0.15) is 35.7 Å². The highest BCUT2D eigenvalue weighted by Gasteiger charge is 2.68. The van der Waals surface area contributed by atoms with E-state index in [4.69, 9.17) is 18.8 Å². The molecule has 70 heavy (non-hydrogen) atoms. The van der Waals surface area contributed by atoms with Crippen molar-refractivity contribution in [3.8, 4) is 22.6 Å². The fourth-order valence-corrected chi connectivity index (χ4v) is 11.4. The molecule has 3 aliphatic carbocycles. The molecule has 0 radical (unpaired) electrons. The third-order valence-electron chi connectivity index (χ3n) is 15.9. The third kappa shape index (κ3) is 11.1. The quantitative estimate of drug-likeness (QED) is 0.0737. The van der Waals surface area contributed by atoms with Crippen LogP contribution in [0.5, 0.6) is 11.5 Å². The van der Waals surface area contributed by atoms with Crippen molar-refractivity contribution in [1.29, 1.82) is 0 Å². The molecule has 4 N–H and O–H groups in total. The van der Waals surface area contributed by atoms with Crippen molar-refractivity contribution < 1.29 is 42.8 Å². The van der Waals surface area contributed by atoms with Gasteiger partial charge in [0.05, 0.1) is 31.9 Å². The molecular weight excluding hydrogens is 885 g/mol. The molecule has 3 aromatic carbocycles. The zero-order valence-electron chi connectivity index (χ0n) is 43.1. The van der Waals surface area contributed by atoms with E-state index in [0.29, 0.717) is 64.0 Å². The van der Waals surface area contributed by atoms with Gasteiger partial charge in [-0.1, -0.05) is 90.5 Å². The number of carbonyl (C=O) groups is 5. The number of nitrogens with one attached hydrogen (secondary N) is 4. The van der Waals surface area contributed by atoms with E-state index in [2.05, 4.69) is 49.0 Å². The summed E-state index contributed by atoms with van der Waals surface area (Å²) in [6.07, 6.45) is 11.1. The minimum absolute atomic E-state index is 0.0721. The lowest BCUT2D eigenvalue weighted by molar-refractivity contribution is -0.199. The summed E-state index contributed by atoms with van der Waals surface area (Å²) >= 11 is 0. The van der Waals surface area contributed by atoms with Crippen LogP contribution in [0, 0.1) is 17.3 Å². The van der Waals surface area contributed by atoms with Crippen LogP contribution in [0.1, 0.15) is 146 Å². The van der Waals surface area contributed by atoms with Crippen molar-refractivity contribution in [2.24, 2.45) is 17.3 Å². The highest BCUT2D eigenvalue weighted by Crippen LogP contribution is 2.65. The second-order valence-corrected chi connectivity index (χ2v) is 21.0. The van der Waals surface area contributed by atoms with Gasteiger partial charge in [-0.15, -0.1) is 0 Å². The Morgan fingerprint density at radius 2 is 1.51 bits per heavy atom. The molecule has 3 saturated carbocycles. The Kier molecular flexibility index (Phi) is 16.7. The maximum Gasteiger partial charge on any atom is 0.481 e. The van der Waals surface area contributed by atoms with Crippen molar-refractivity contribution in [1.82, 2.24) is 26.2 Å². The van der Waals surface area contributed by atoms with E-state index >= 15 is 0 Å². The third-order valence-corrected chi connectivity index (χ3v) is 15.9. The number of likely N-dealkylation sites (N-methyl/N-ethyl adjacent to an activating group) is 1. The number of benzene rings is 3. The molecule has 8 rings (SSSR count). The Hall–Kier alpha value is -5.41. The number of unbranched alkanes of at least 4 members (excludes halogenated alkanes) is 5. The van der Waals surface area contributed by atoms with Crippen molar-refractivity contribution in [3.05, 3.63) is 82.9 Å². The van der Waals surface area contributed by atoms with Gasteiger partial charge in [0.2, 0.25) is 23.6 Å². The van der Waals surface area contributed by atoms with Crippen molar-refractivity contribution in [3.63, 3.8) is 0 Å². The number of carbonyl (C=O) groups excluding carboxylic acids is 5. The Labute approximate surface area is 415 Å². The smallest absolute Gasteiger partial charge is 0.481 e. The van der Waals surface area contributed by atoms with Crippen LogP contribution in [0.25, 0.3) is 11.1 Å². The summed E-state index contributed by atoms with van der Waals surface area (Å²) < 4.78 is 24.9. The van der Waals surface area contributed by atoms with Crippen LogP contribution in [0.4, 0.5) is 0 Å². The first kappa shape index (κ1) is 52.4. The average molecular weight is 962 g/mol. The number of hydrogen-bond acceptors (Lipinski definition) is 9. The fourth-order valence-electron chi connectivity index (χ4n) is 11.4. The Morgan fingerprint density at radius 1 is 0.843 bits per heavy atom. The minimum atomic E-state index is -1.27. The van der Waals surface area contributed by atoms with Crippen molar-refractivity contribution in [2.75, 3.05) is 21.3 Å². The van der Waals surface area contributed by atoms with Crippen LogP contribution >= 0.6 is 0 Å². The molecule has 1 saturated heterocycles. The molecular formula is C55H76BN5O9. The van der Waals surface area contributed by atoms with Crippen LogP contribution in [0.2, 0.25) is 0 Å². The molecule has 9 unspecified atom stereocenters. The van der Waals surface area contributed by atoms with Crippen molar-refractivity contribution in [2.45, 2.75) is 167 Å². The van der Waals surface area contributed by atoms with Gasteiger partial charge in [0, 0.05) is 30.2 Å². The van der Waals surface area contributed by atoms with E-state index in [1.54, 1.807) is 50.6 Å². The number of nitrogens with zero attached hydrogens (tertiary/aromatic N) is 1.